The van der Waals surface area contributed by atoms with Crippen molar-refractivity contribution in [2.24, 2.45) is 5.92 Å². The summed E-state index contributed by atoms with van der Waals surface area (Å²) in [5.74, 6) is 0.422. The van der Waals surface area contributed by atoms with E-state index in [4.69, 9.17) is 4.74 Å². The summed E-state index contributed by atoms with van der Waals surface area (Å²) in [4.78, 5) is 14.6. The molecule has 17 heavy (non-hydrogen) atoms. The lowest BCUT2D eigenvalue weighted by Crippen LogP contribution is -2.43. The predicted octanol–water partition coefficient (Wildman–Crippen LogP) is 2.58. The third kappa shape index (κ3) is 3.22. The number of ether oxygens (including phenoxy) is 1. The third-order valence-electron chi connectivity index (χ3n) is 3.92. The number of hydrogen-bond donors (Lipinski definition) is 0. The molecule has 0 spiro atoms. The van der Waals surface area contributed by atoms with Crippen molar-refractivity contribution in [3.8, 4) is 0 Å². The summed E-state index contributed by atoms with van der Waals surface area (Å²) in [6, 6.07) is 0.482. The van der Waals surface area contributed by atoms with Gasteiger partial charge in [-0.2, -0.15) is 0 Å². The van der Waals surface area contributed by atoms with E-state index >= 15 is 0 Å². The number of rotatable bonds is 4. The van der Waals surface area contributed by atoms with E-state index < -0.39 is 0 Å². The predicted molar refractivity (Wildman–Crippen MR) is 71.3 cm³/mol. The molecule has 1 heterocycles. The van der Waals surface area contributed by atoms with E-state index in [-0.39, 0.29) is 12.0 Å². The smallest absolute Gasteiger partial charge is 0.228 e. The molecular formula is C13H22BrNO2. The number of hydrogen-bond acceptors (Lipinski definition) is 2. The number of carbonyl (C=O) groups excluding carboxylic acids is 1. The van der Waals surface area contributed by atoms with E-state index in [0.29, 0.717) is 18.6 Å². The van der Waals surface area contributed by atoms with Crippen LogP contribution < -0.4 is 0 Å². The van der Waals surface area contributed by atoms with Crippen molar-refractivity contribution in [3.05, 3.63) is 0 Å². The van der Waals surface area contributed by atoms with Crippen LogP contribution in [0.3, 0.4) is 0 Å². The topological polar surface area (TPSA) is 29.5 Å². The molecular weight excluding hydrogens is 282 g/mol. The van der Waals surface area contributed by atoms with Crippen LogP contribution in [0.4, 0.5) is 0 Å². The summed E-state index contributed by atoms with van der Waals surface area (Å²) in [6.45, 7) is 3.51. The Labute approximate surface area is 112 Å². The fourth-order valence-electron chi connectivity index (χ4n) is 3.00. The summed E-state index contributed by atoms with van der Waals surface area (Å²) in [5.41, 5.74) is 0. The molecule has 4 heteroatoms. The molecule has 0 aromatic carbocycles. The van der Waals surface area contributed by atoms with E-state index in [2.05, 4.69) is 27.8 Å². The molecule has 2 fully saturated rings. The van der Waals surface area contributed by atoms with Crippen molar-refractivity contribution in [2.45, 2.75) is 51.2 Å². The van der Waals surface area contributed by atoms with Crippen LogP contribution in [0.2, 0.25) is 0 Å². The minimum Gasteiger partial charge on any atom is -0.378 e. The second kappa shape index (κ2) is 6.19. The first-order valence-electron chi connectivity index (χ1n) is 6.70. The highest BCUT2D eigenvalue weighted by molar-refractivity contribution is 9.09. The molecule has 0 radical (unpaired) electrons. The average molecular weight is 304 g/mol. The van der Waals surface area contributed by atoms with Crippen LogP contribution in [0.5, 0.6) is 0 Å². The normalized spacial score (nSPS) is 29.8. The fraction of sp³-hybridized carbons (Fsp3) is 0.923. The van der Waals surface area contributed by atoms with Gasteiger partial charge in [0.2, 0.25) is 5.91 Å². The van der Waals surface area contributed by atoms with E-state index in [0.717, 1.165) is 18.3 Å². The van der Waals surface area contributed by atoms with Crippen molar-refractivity contribution in [1.82, 2.24) is 4.90 Å². The molecule has 0 aromatic heterocycles. The molecule has 0 aromatic rings. The first-order chi connectivity index (χ1) is 8.22. The van der Waals surface area contributed by atoms with Crippen LogP contribution in [0, 0.1) is 5.92 Å². The highest BCUT2D eigenvalue weighted by Gasteiger charge is 2.34. The monoisotopic (exact) mass is 303 g/mol. The van der Waals surface area contributed by atoms with Gasteiger partial charge in [-0.25, -0.2) is 0 Å². The summed E-state index contributed by atoms with van der Waals surface area (Å²) in [6.07, 6.45) is 6.05. The van der Waals surface area contributed by atoms with Crippen LogP contribution in [-0.4, -0.2) is 41.4 Å². The fourth-order valence-corrected chi connectivity index (χ4v) is 3.39. The van der Waals surface area contributed by atoms with Crippen LogP contribution in [0.15, 0.2) is 0 Å². The maximum Gasteiger partial charge on any atom is 0.228 e. The van der Waals surface area contributed by atoms with Crippen LogP contribution in [0.25, 0.3) is 0 Å². The van der Waals surface area contributed by atoms with Crippen LogP contribution >= 0.6 is 15.9 Å². The van der Waals surface area contributed by atoms with Crippen molar-refractivity contribution in [2.75, 3.05) is 18.5 Å². The third-order valence-corrected chi connectivity index (χ3v) is 4.28. The van der Waals surface area contributed by atoms with Crippen molar-refractivity contribution >= 4 is 21.8 Å². The van der Waals surface area contributed by atoms with Crippen LogP contribution in [-0.2, 0) is 9.53 Å². The van der Waals surface area contributed by atoms with E-state index in [1.54, 1.807) is 0 Å². The zero-order valence-electron chi connectivity index (χ0n) is 10.5. The van der Waals surface area contributed by atoms with Gasteiger partial charge in [0, 0.05) is 17.9 Å². The minimum atomic E-state index is 0.102. The SMILES string of the molecule is CC1CC(C(=O)N(CCBr)C2CCCC2)CO1. The molecule has 1 aliphatic carbocycles. The summed E-state index contributed by atoms with van der Waals surface area (Å²) >= 11 is 3.46. The Morgan fingerprint density at radius 3 is 2.65 bits per heavy atom. The lowest BCUT2D eigenvalue weighted by Gasteiger charge is -2.30. The van der Waals surface area contributed by atoms with Gasteiger partial charge in [-0.05, 0) is 26.2 Å². The average Bonchev–Trinajstić information content (AvgIpc) is 2.95. The molecule has 2 atom stereocenters. The molecule has 1 aliphatic heterocycles. The molecule has 0 bridgehead atoms. The Hall–Kier alpha value is -0.0900. The minimum absolute atomic E-state index is 0.102. The molecule has 1 saturated heterocycles. The Bertz CT molecular complexity index is 266. The van der Waals surface area contributed by atoms with Crippen molar-refractivity contribution in [1.29, 1.82) is 0 Å². The van der Waals surface area contributed by atoms with Gasteiger partial charge in [0.25, 0.3) is 0 Å². The molecule has 2 rings (SSSR count). The lowest BCUT2D eigenvalue weighted by molar-refractivity contribution is -0.137. The molecule has 2 aliphatic rings. The molecule has 98 valence electrons. The lowest BCUT2D eigenvalue weighted by atomic mass is 10.0. The second-order valence-electron chi connectivity index (χ2n) is 5.24. The first kappa shape index (κ1) is 13.3. The van der Waals surface area contributed by atoms with Crippen molar-refractivity contribution < 1.29 is 9.53 Å². The first-order valence-corrected chi connectivity index (χ1v) is 7.82. The van der Waals surface area contributed by atoms with Gasteiger partial charge >= 0.3 is 0 Å². The van der Waals surface area contributed by atoms with Crippen molar-refractivity contribution in [3.63, 3.8) is 0 Å². The molecule has 0 N–H and O–H groups in total. The van der Waals surface area contributed by atoms with E-state index in [1.165, 1.54) is 25.7 Å². The largest absolute Gasteiger partial charge is 0.378 e. The zero-order valence-corrected chi connectivity index (χ0v) is 12.1. The Morgan fingerprint density at radius 1 is 1.41 bits per heavy atom. The zero-order chi connectivity index (χ0) is 12.3. The second-order valence-corrected chi connectivity index (χ2v) is 6.03. The number of amides is 1. The molecule has 1 amide bonds. The maximum absolute atomic E-state index is 12.5. The summed E-state index contributed by atoms with van der Waals surface area (Å²) < 4.78 is 5.52. The quantitative estimate of drug-likeness (QED) is 0.747. The Balaban J connectivity index is 1.96. The number of carbonyl (C=O) groups is 1. The highest BCUT2D eigenvalue weighted by atomic mass is 79.9. The number of alkyl halides is 1. The molecule has 3 nitrogen and oxygen atoms in total. The molecule has 1 saturated carbocycles. The van der Waals surface area contributed by atoms with Crippen LogP contribution in [0.1, 0.15) is 39.0 Å². The van der Waals surface area contributed by atoms with Gasteiger partial charge in [0.05, 0.1) is 18.6 Å². The van der Waals surface area contributed by atoms with Gasteiger partial charge in [-0.1, -0.05) is 28.8 Å². The Morgan fingerprint density at radius 2 is 2.12 bits per heavy atom. The Kier molecular flexibility index (Phi) is 4.86. The summed E-state index contributed by atoms with van der Waals surface area (Å²) in [7, 11) is 0. The maximum atomic E-state index is 12.5. The molecule has 2 unspecified atom stereocenters. The van der Waals surface area contributed by atoms with E-state index in [1.807, 2.05) is 0 Å². The number of halogens is 1. The van der Waals surface area contributed by atoms with Gasteiger partial charge in [0.15, 0.2) is 0 Å². The summed E-state index contributed by atoms with van der Waals surface area (Å²) in [5, 5.41) is 0.873. The highest BCUT2D eigenvalue weighted by Crippen LogP contribution is 2.28. The standard InChI is InChI=1S/C13H22BrNO2/c1-10-8-11(9-17-10)13(16)15(7-6-14)12-4-2-3-5-12/h10-12H,2-9H2,1H3. The van der Waals surface area contributed by atoms with Gasteiger partial charge in [0.1, 0.15) is 0 Å². The van der Waals surface area contributed by atoms with E-state index in [9.17, 15) is 4.79 Å². The van der Waals surface area contributed by atoms with Gasteiger partial charge in [-0.3, -0.25) is 4.79 Å². The van der Waals surface area contributed by atoms with Gasteiger partial charge in [-0.15, -0.1) is 0 Å². The van der Waals surface area contributed by atoms with Gasteiger partial charge < -0.3 is 9.64 Å². The number of nitrogens with zero attached hydrogens (tertiary/aromatic N) is 1.